The Morgan fingerprint density at radius 3 is 2.71 bits per heavy atom. The summed E-state index contributed by atoms with van der Waals surface area (Å²) in [7, 11) is 0. The summed E-state index contributed by atoms with van der Waals surface area (Å²) < 4.78 is 6.23. The van der Waals surface area contributed by atoms with Crippen LogP contribution in [0.25, 0.3) is 0 Å². The lowest BCUT2D eigenvalue weighted by Crippen LogP contribution is -2.41. The van der Waals surface area contributed by atoms with Crippen LogP contribution in [0.3, 0.4) is 0 Å². The van der Waals surface area contributed by atoms with E-state index in [2.05, 4.69) is 12.0 Å². The standard InChI is InChI=1S/C15H22N4O5/c1-10-5-4-6-17(7-10)13(20)9-24-14(21)8-18-12(3)15(19(22)23)11(2)16-18/h10H,4-9H2,1-3H3/t10-/m0/s1. The van der Waals surface area contributed by atoms with E-state index >= 15 is 0 Å². The Morgan fingerprint density at radius 1 is 1.42 bits per heavy atom. The van der Waals surface area contributed by atoms with E-state index in [1.807, 2.05) is 0 Å². The van der Waals surface area contributed by atoms with E-state index in [-0.39, 0.29) is 36.1 Å². The third kappa shape index (κ3) is 4.09. The molecule has 1 aromatic rings. The number of hydrogen-bond acceptors (Lipinski definition) is 6. The van der Waals surface area contributed by atoms with Crippen molar-refractivity contribution in [2.24, 2.45) is 5.92 Å². The smallest absolute Gasteiger partial charge is 0.328 e. The number of aromatic nitrogens is 2. The van der Waals surface area contributed by atoms with Crippen LogP contribution >= 0.6 is 0 Å². The monoisotopic (exact) mass is 338 g/mol. The highest BCUT2D eigenvalue weighted by Crippen LogP contribution is 2.21. The van der Waals surface area contributed by atoms with Crippen LogP contribution in [0.15, 0.2) is 0 Å². The quantitative estimate of drug-likeness (QED) is 0.454. The minimum atomic E-state index is -0.645. The zero-order valence-electron chi connectivity index (χ0n) is 14.2. The van der Waals surface area contributed by atoms with E-state index in [1.165, 1.54) is 18.5 Å². The fourth-order valence-electron chi connectivity index (χ4n) is 2.92. The number of piperidine rings is 1. The van der Waals surface area contributed by atoms with E-state index in [0.717, 1.165) is 12.8 Å². The van der Waals surface area contributed by atoms with Crippen LogP contribution in [0, 0.1) is 29.9 Å². The number of hydrogen-bond donors (Lipinski definition) is 0. The van der Waals surface area contributed by atoms with Gasteiger partial charge in [0.1, 0.15) is 17.9 Å². The topological polar surface area (TPSA) is 108 Å². The van der Waals surface area contributed by atoms with E-state index in [9.17, 15) is 19.7 Å². The Morgan fingerprint density at radius 2 is 2.12 bits per heavy atom. The minimum absolute atomic E-state index is 0.110. The molecule has 0 unspecified atom stereocenters. The lowest BCUT2D eigenvalue weighted by Gasteiger charge is -2.30. The molecule has 1 aliphatic heterocycles. The molecule has 1 aliphatic rings. The van der Waals surface area contributed by atoms with Crippen LogP contribution in [0.2, 0.25) is 0 Å². The molecule has 1 amide bonds. The van der Waals surface area contributed by atoms with E-state index < -0.39 is 10.9 Å². The first-order valence-corrected chi connectivity index (χ1v) is 7.91. The highest BCUT2D eigenvalue weighted by atomic mass is 16.6. The summed E-state index contributed by atoms with van der Waals surface area (Å²) in [4.78, 5) is 36.1. The first-order valence-electron chi connectivity index (χ1n) is 7.91. The third-order valence-electron chi connectivity index (χ3n) is 4.17. The SMILES string of the molecule is Cc1nn(CC(=O)OCC(=O)N2CCC[C@H](C)C2)c(C)c1[N+](=O)[O-]. The molecule has 24 heavy (non-hydrogen) atoms. The Kier molecular flexibility index (Phi) is 5.53. The molecule has 0 aliphatic carbocycles. The molecule has 0 radical (unpaired) electrons. The van der Waals surface area contributed by atoms with Crippen molar-refractivity contribution in [2.75, 3.05) is 19.7 Å². The molecule has 132 valence electrons. The van der Waals surface area contributed by atoms with Crippen molar-refractivity contribution >= 4 is 17.6 Å². The Labute approximate surface area is 139 Å². The van der Waals surface area contributed by atoms with Gasteiger partial charge in [0.25, 0.3) is 5.91 Å². The Hall–Kier alpha value is -2.45. The zero-order valence-corrected chi connectivity index (χ0v) is 14.2. The van der Waals surface area contributed by atoms with Crippen molar-refractivity contribution in [1.82, 2.24) is 14.7 Å². The molecule has 0 saturated carbocycles. The maximum absolute atomic E-state index is 12.1. The lowest BCUT2D eigenvalue weighted by atomic mass is 10.0. The highest BCUT2D eigenvalue weighted by molar-refractivity contribution is 5.80. The number of ether oxygens (including phenoxy) is 1. The molecule has 9 nitrogen and oxygen atoms in total. The third-order valence-corrected chi connectivity index (χ3v) is 4.17. The van der Waals surface area contributed by atoms with E-state index in [4.69, 9.17) is 4.74 Å². The first kappa shape index (κ1) is 17.9. The van der Waals surface area contributed by atoms with Gasteiger partial charge >= 0.3 is 11.7 Å². The molecule has 1 fully saturated rings. The van der Waals surface area contributed by atoms with Crippen molar-refractivity contribution in [3.63, 3.8) is 0 Å². The van der Waals surface area contributed by atoms with Crippen LogP contribution in [0.1, 0.15) is 31.2 Å². The van der Waals surface area contributed by atoms with Gasteiger partial charge in [-0.25, -0.2) is 0 Å². The fourth-order valence-corrected chi connectivity index (χ4v) is 2.92. The molecule has 0 spiro atoms. The highest BCUT2D eigenvalue weighted by Gasteiger charge is 2.24. The number of aryl methyl sites for hydroxylation is 1. The van der Waals surface area contributed by atoms with Crippen LogP contribution in [0.5, 0.6) is 0 Å². The minimum Gasteiger partial charge on any atom is -0.454 e. The van der Waals surface area contributed by atoms with Crippen molar-refractivity contribution in [3.05, 3.63) is 21.5 Å². The molecule has 1 saturated heterocycles. The van der Waals surface area contributed by atoms with Gasteiger partial charge in [0, 0.05) is 13.1 Å². The van der Waals surface area contributed by atoms with Crippen molar-refractivity contribution in [3.8, 4) is 0 Å². The number of carbonyl (C=O) groups excluding carboxylic acids is 2. The van der Waals surface area contributed by atoms with Gasteiger partial charge < -0.3 is 9.64 Å². The summed E-state index contributed by atoms with van der Waals surface area (Å²) in [5.74, 6) is -0.406. The summed E-state index contributed by atoms with van der Waals surface area (Å²) in [6.07, 6.45) is 2.05. The van der Waals surface area contributed by atoms with E-state index in [1.54, 1.807) is 4.90 Å². The second kappa shape index (κ2) is 7.41. The maximum atomic E-state index is 12.1. The van der Waals surface area contributed by atoms with Gasteiger partial charge in [-0.3, -0.25) is 24.4 Å². The number of amides is 1. The van der Waals surface area contributed by atoms with Gasteiger partial charge in [0.15, 0.2) is 6.61 Å². The van der Waals surface area contributed by atoms with Gasteiger partial charge in [-0.05, 0) is 32.6 Å². The average Bonchev–Trinajstić information content (AvgIpc) is 2.79. The number of carbonyl (C=O) groups is 2. The summed E-state index contributed by atoms with van der Waals surface area (Å²) in [6, 6.07) is 0. The lowest BCUT2D eigenvalue weighted by molar-refractivity contribution is -0.386. The number of esters is 1. The zero-order chi connectivity index (χ0) is 17.9. The fraction of sp³-hybridized carbons (Fsp3) is 0.667. The summed E-state index contributed by atoms with van der Waals surface area (Å²) in [6.45, 7) is 5.91. The number of rotatable bonds is 5. The maximum Gasteiger partial charge on any atom is 0.328 e. The van der Waals surface area contributed by atoms with Gasteiger partial charge in [0.05, 0.1) is 4.92 Å². The van der Waals surface area contributed by atoms with E-state index in [0.29, 0.717) is 19.0 Å². The first-order chi connectivity index (χ1) is 11.3. The number of likely N-dealkylation sites (tertiary alicyclic amines) is 1. The van der Waals surface area contributed by atoms with Crippen molar-refractivity contribution in [2.45, 2.75) is 40.2 Å². The molecule has 2 rings (SSSR count). The largest absolute Gasteiger partial charge is 0.454 e. The summed E-state index contributed by atoms with van der Waals surface area (Å²) >= 11 is 0. The van der Waals surface area contributed by atoms with Gasteiger partial charge in [-0.15, -0.1) is 0 Å². The molecule has 0 aromatic carbocycles. The molecule has 0 bridgehead atoms. The molecular formula is C15H22N4O5. The van der Waals surface area contributed by atoms with Crippen LogP contribution in [-0.4, -0.2) is 51.2 Å². The van der Waals surface area contributed by atoms with Crippen molar-refractivity contribution in [1.29, 1.82) is 0 Å². The molecule has 1 aromatic heterocycles. The number of nitro groups is 1. The van der Waals surface area contributed by atoms with Crippen LogP contribution in [0.4, 0.5) is 5.69 Å². The second-order valence-corrected chi connectivity index (χ2v) is 6.18. The molecule has 2 heterocycles. The van der Waals surface area contributed by atoms with Crippen LogP contribution in [-0.2, 0) is 20.9 Å². The van der Waals surface area contributed by atoms with Crippen molar-refractivity contribution < 1.29 is 19.2 Å². The summed E-state index contributed by atoms with van der Waals surface area (Å²) in [5.41, 5.74) is 0.412. The molecule has 0 N–H and O–H groups in total. The predicted octanol–water partition coefficient (Wildman–Crippen LogP) is 1.21. The van der Waals surface area contributed by atoms with Gasteiger partial charge in [-0.1, -0.05) is 6.92 Å². The molecule has 1 atom stereocenters. The van der Waals surface area contributed by atoms with Crippen LogP contribution < -0.4 is 0 Å². The predicted molar refractivity (Wildman–Crippen MR) is 84.3 cm³/mol. The summed E-state index contributed by atoms with van der Waals surface area (Å²) in [5, 5.41) is 14.9. The Balaban J connectivity index is 1.89. The Bertz CT molecular complexity index is 655. The number of nitrogens with zero attached hydrogens (tertiary/aromatic N) is 4. The average molecular weight is 338 g/mol. The normalized spacial score (nSPS) is 17.6. The second-order valence-electron chi connectivity index (χ2n) is 6.18. The van der Waals surface area contributed by atoms with Gasteiger partial charge in [-0.2, -0.15) is 5.10 Å². The molecular weight excluding hydrogens is 316 g/mol. The molecule has 9 heteroatoms. The van der Waals surface area contributed by atoms with Gasteiger partial charge in [0.2, 0.25) is 0 Å².